The zero-order valence-corrected chi connectivity index (χ0v) is 55.2. The molecular formula is C76H143NO5. The van der Waals surface area contributed by atoms with Crippen molar-refractivity contribution in [2.75, 3.05) is 13.2 Å². The van der Waals surface area contributed by atoms with Crippen LogP contribution in [0.2, 0.25) is 0 Å². The molecule has 0 aromatic carbocycles. The van der Waals surface area contributed by atoms with Gasteiger partial charge in [-0.1, -0.05) is 351 Å². The van der Waals surface area contributed by atoms with Crippen molar-refractivity contribution in [1.29, 1.82) is 0 Å². The molecule has 0 rings (SSSR count). The van der Waals surface area contributed by atoms with Crippen LogP contribution in [0, 0.1) is 0 Å². The molecule has 0 aromatic heterocycles. The van der Waals surface area contributed by atoms with Crippen LogP contribution in [0.4, 0.5) is 0 Å². The van der Waals surface area contributed by atoms with Gasteiger partial charge in [-0.3, -0.25) is 9.59 Å². The Morgan fingerprint density at radius 2 is 0.622 bits per heavy atom. The number of amides is 1. The van der Waals surface area contributed by atoms with Gasteiger partial charge in [-0.05, 0) is 83.5 Å². The number of rotatable bonds is 69. The molecule has 0 saturated heterocycles. The zero-order chi connectivity index (χ0) is 59.2. The lowest BCUT2D eigenvalue weighted by atomic mass is 10.0. The van der Waals surface area contributed by atoms with Crippen LogP contribution in [-0.2, 0) is 14.3 Å². The van der Waals surface area contributed by atoms with Gasteiger partial charge in [0, 0.05) is 12.8 Å². The van der Waals surface area contributed by atoms with Crippen molar-refractivity contribution in [3.05, 3.63) is 48.6 Å². The molecule has 6 heteroatoms. The summed E-state index contributed by atoms with van der Waals surface area (Å²) in [6.45, 7) is 4.89. The molecule has 6 nitrogen and oxygen atoms in total. The number of hydrogen-bond acceptors (Lipinski definition) is 5. The smallest absolute Gasteiger partial charge is 0.305 e. The largest absolute Gasteiger partial charge is 0.466 e. The van der Waals surface area contributed by atoms with Crippen LogP contribution in [0.1, 0.15) is 399 Å². The topological polar surface area (TPSA) is 95.9 Å². The summed E-state index contributed by atoms with van der Waals surface area (Å²) in [4.78, 5) is 24.5. The second-order valence-corrected chi connectivity index (χ2v) is 25.3. The normalized spacial score (nSPS) is 12.8. The molecule has 0 aliphatic rings. The van der Waals surface area contributed by atoms with Gasteiger partial charge >= 0.3 is 5.97 Å². The SMILES string of the molecule is CCCC/C=C\CCCCCCCC(=O)OCCCCCCCCCCC/C=C\C/C=C\CCCCCCCCCCCCCCCCCCCC(=O)NC(CO)C(O)/C=C/CCCCCCCCCCCCCCCCCCCCC. The standard InChI is InChI=1S/C76H143NO5/c1-3-5-7-9-11-13-15-16-17-18-19-33-36-39-42-45-49-52-56-60-64-68-74(79)73(72-78)77-75(80)69-65-61-57-53-50-46-43-40-37-34-31-29-27-25-23-21-20-22-24-26-28-30-32-35-38-41-44-47-51-55-59-63-67-71-82-76(81)70-66-62-58-54-48-14-12-10-8-6-4-2/h10,12,24,26,30,32,64,68,73-74,78-79H,3-9,11,13-23,25,27-29,31,33-63,65-67,69-72H2,1-2H3,(H,77,80)/b12-10-,26-24-,32-30-,68-64+. The number of aliphatic hydroxyl groups excluding tert-OH is 2. The molecule has 1 amide bonds. The third-order valence-electron chi connectivity index (χ3n) is 17.1. The molecule has 0 aromatic rings. The lowest BCUT2D eigenvalue weighted by Gasteiger charge is -2.20. The molecule has 0 spiro atoms. The molecule has 0 radical (unpaired) electrons. The third kappa shape index (κ3) is 67.0. The Bertz CT molecular complexity index is 1370. The van der Waals surface area contributed by atoms with E-state index in [1.54, 1.807) is 6.08 Å². The maximum absolute atomic E-state index is 12.5. The van der Waals surface area contributed by atoms with E-state index in [2.05, 4.69) is 55.6 Å². The minimum atomic E-state index is -0.845. The van der Waals surface area contributed by atoms with Crippen molar-refractivity contribution in [2.45, 2.75) is 411 Å². The van der Waals surface area contributed by atoms with Crippen LogP contribution in [0.5, 0.6) is 0 Å². The Kier molecular flexibility index (Phi) is 69.4. The number of hydrogen-bond donors (Lipinski definition) is 3. The van der Waals surface area contributed by atoms with E-state index in [-0.39, 0.29) is 18.5 Å². The lowest BCUT2D eigenvalue weighted by Crippen LogP contribution is -2.45. The average molecular weight is 1150 g/mol. The fraction of sp³-hybridized carbons (Fsp3) is 0.868. The van der Waals surface area contributed by atoms with E-state index in [1.807, 2.05) is 6.08 Å². The zero-order valence-electron chi connectivity index (χ0n) is 55.2. The highest BCUT2D eigenvalue weighted by Gasteiger charge is 2.18. The predicted molar refractivity (Wildman–Crippen MR) is 361 cm³/mol. The highest BCUT2D eigenvalue weighted by molar-refractivity contribution is 5.76. The van der Waals surface area contributed by atoms with Crippen molar-refractivity contribution < 1.29 is 24.5 Å². The summed E-state index contributed by atoms with van der Waals surface area (Å²) in [5.41, 5.74) is 0. The molecule has 0 heterocycles. The molecular weight excluding hydrogens is 1010 g/mol. The minimum absolute atomic E-state index is 0.00290. The van der Waals surface area contributed by atoms with Crippen LogP contribution in [0.15, 0.2) is 48.6 Å². The molecule has 3 N–H and O–H groups in total. The summed E-state index contributed by atoms with van der Waals surface area (Å²) in [6, 6.07) is -0.628. The van der Waals surface area contributed by atoms with Gasteiger partial charge in [-0.25, -0.2) is 0 Å². The first-order valence-corrected chi connectivity index (χ1v) is 36.9. The molecule has 0 fully saturated rings. The van der Waals surface area contributed by atoms with Gasteiger partial charge in [0.05, 0.1) is 25.4 Å². The van der Waals surface area contributed by atoms with Crippen molar-refractivity contribution in [3.63, 3.8) is 0 Å². The van der Waals surface area contributed by atoms with Gasteiger partial charge in [0.2, 0.25) is 5.91 Å². The summed E-state index contributed by atoms with van der Waals surface area (Å²) < 4.78 is 5.46. The summed E-state index contributed by atoms with van der Waals surface area (Å²) >= 11 is 0. The summed E-state index contributed by atoms with van der Waals surface area (Å²) in [5.74, 6) is -0.0595. The van der Waals surface area contributed by atoms with E-state index in [1.165, 1.54) is 321 Å². The Morgan fingerprint density at radius 3 is 0.976 bits per heavy atom. The number of esters is 1. The van der Waals surface area contributed by atoms with Crippen molar-refractivity contribution in [3.8, 4) is 0 Å². The van der Waals surface area contributed by atoms with E-state index in [9.17, 15) is 19.8 Å². The fourth-order valence-electron chi connectivity index (χ4n) is 11.4. The molecule has 0 aliphatic heterocycles. The number of unbranched alkanes of at least 4 members (excludes halogenated alkanes) is 52. The first-order valence-electron chi connectivity index (χ1n) is 36.9. The van der Waals surface area contributed by atoms with Crippen LogP contribution in [0.25, 0.3) is 0 Å². The van der Waals surface area contributed by atoms with Gasteiger partial charge in [-0.15, -0.1) is 0 Å². The monoisotopic (exact) mass is 1150 g/mol. The molecule has 82 heavy (non-hydrogen) atoms. The van der Waals surface area contributed by atoms with Crippen LogP contribution >= 0.6 is 0 Å². The second-order valence-electron chi connectivity index (χ2n) is 25.3. The summed E-state index contributed by atoms with van der Waals surface area (Å²) in [6.07, 6.45) is 93.5. The van der Waals surface area contributed by atoms with Gasteiger partial charge in [0.25, 0.3) is 0 Å². The van der Waals surface area contributed by atoms with Gasteiger partial charge in [-0.2, -0.15) is 0 Å². The molecule has 2 atom stereocenters. The Labute approximate surface area is 512 Å². The molecule has 0 bridgehead atoms. The van der Waals surface area contributed by atoms with Crippen LogP contribution < -0.4 is 5.32 Å². The van der Waals surface area contributed by atoms with E-state index in [0.29, 0.717) is 19.4 Å². The maximum atomic E-state index is 12.5. The number of allylic oxidation sites excluding steroid dienone is 7. The molecule has 482 valence electrons. The van der Waals surface area contributed by atoms with Crippen LogP contribution in [-0.4, -0.2) is 47.4 Å². The molecule has 2 unspecified atom stereocenters. The maximum Gasteiger partial charge on any atom is 0.305 e. The van der Waals surface area contributed by atoms with Crippen molar-refractivity contribution in [2.24, 2.45) is 0 Å². The van der Waals surface area contributed by atoms with E-state index in [0.717, 1.165) is 51.4 Å². The average Bonchev–Trinajstić information content (AvgIpc) is 3.48. The number of carbonyl (C=O) groups is 2. The van der Waals surface area contributed by atoms with Crippen molar-refractivity contribution in [1.82, 2.24) is 5.32 Å². The highest BCUT2D eigenvalue weighted by Crippen LogP contribution is 2.19. The Balaban J connectivity index is 3.41. The quantitative estimate of drug-likeness (QED) is 0.0320. The lowest BCUT2D eigenvalue weighted by molar-refractivity contribution is -0.143. The van der Waals surface area contributed by atoms with E-state index < -0.39 is 12.1 Å². The van der Waals surface area contributed by atoms with Gasteiger partial charge < -0.3 is 20.3 Å². The number of carbonyl (C=O) groups excluding carboxylic acids is 2. The van der Waals surface area contributed by atoms with E-state index in [4.69, 9.17) is 4.74 Å². The Morgan fingerprint density at radius 1 is 0.341 bits per heavy atom. The number of aliphatic hydroxyl groups is 2. The van der Waals surface area contributed by atoms with E-state index >= 15 is 0 Å². The third-order valence-corrected chi connectivity index (χ3v) is 17.1. The Hall–Kier alpha value is -2.18. The minimum Gasteiger partial charge on any atom is -0.466 e. The van der Waals surface area contributed by atoms with Crippen LogP contribution in [0.3, 0.4) is 0 Å². The predicted octanol–water partition coefficient (Wildman–Crippen LogP) is 24.0. The second kappa shape index (κ2) is 71.3. The first-order chi connectivity index (χ1) is 40.5. The van der Waals surface area contributed by atoms with Crippen molar-refractivity contribution >= 4 is 11.9 Å². The summed E-state index contributed by atoms with van der Waals surface area (Å²) in [5, 5.41) is 23.3. The molecule has 0 saturated carbocycles. The fourth-order valence-corrected chi connectivity index (χ4v) is 11.4. The first kappa shape index (κ1) is 79.8. The molecule has 0 aliphatic carbocycles. The number of ether oxygens (including phenoxy) is 1. The van der Waals surface area contributed by atoms with Gasteiger partial charge in [0.15, 0.2) is 0 Å². The number of nitrogens with one attached hydrogen (secondary N) is 1. The summed E-state index contributed by atoms with van der Waals surface area (Å²) in [7, 11) is 0. The highest BCUT2D eigenvalue weighted by atomic mass is 16.5. The van der Waals surface area contributed by atoms with Gasteiger partial charge in [0.1, 0.15) is 0 Å².